The third-order valence-corrected chi connectivity index (χ3v) is 2.65. The molecule has 0 spiro atoms. The number of nitriles is 1. The van der Waals surface area contributed by atoms with E-state index in [1.54, 1.807) is 12.1 Å². The van der Waals surface area contributed by atoms with Gasteiger partial charge in [0.15, 0.2) is 0 Å². The highest BCUT2D eigenvalue weighted by atomic mass is 35.5. The predicted molar refractivity (Wildman–Crippen MR) is 67.8 cm³/mol. The minimum absolute atomic E-state index is 0.0890. The van der Waals surface area contributed by atoms with E-state index in [1.165, 1.54) is 0 Å². The van der Waals surface area contributed by atoms with Crippen LogP contribution in [-0.2, 0) is 5.88 Å². The third-order valence-electron chi connectivity index (χ3n) is 2.34. The van der Waals surface area contributed by atoms with Crippen molar-refractivity contribution in [1.82, 2.24) is 5.32 Å². The van der Waals surface area contributed by atoms with Crippen molar-refractivity contribution in [2.24, 2.45) is 0 Å². The Kier molecular flexibility index (Phi) is 6.13. The van der Waals surface area contributed by atoms with Gasteiger partial charge in [0.1, 0.15) is 0 Å². The summed E-state index contributed by atoms with van der Waals surface area (Å²) < 4.78 is 0. The quantitative estimate of drug-likeness (QED) is 0.624. The standard InChI is InChI=1S/C13H15ClN2O/c14-10-11-5-4-6-12(9-11)13(17)16-8-3-1-2-7-15/h4-6,9H,1-3,8,10H2,(H,16,17). The number of hydrogen-bond acceptors (Lipinski definition) is 2. The number of hydrogen-bond donors (Lipinski definition) is 1. The van der Waals surface area contributed by atoms with Gasteiger partial charge in [-0.3, -0.25) is 4.79 Å². The Morgan fingerprint density at radius 2 is 2.24 bits per heavy atom. The molecule has 0 fully saturated rings. The SMILES string of the molecule is N#CCCCCNC(=O)c1cccc(CCl)c1. The first-order valence-corrected chi connectivity index (χ1v) is 6.11. The summed E-state index contributed by atoms with van der Waals surface area (Å²) in [5.41, 5.74) is 1.56. The summed E-state index contributed by atoms with van der Waals surface area (Å²) in [6.07, 6.45) is 2.19. The Morgan fingerprint density at radius 1 is 1.41 bits per heavy atom. The first kappa shape index (κ1) is 13.5. The fourth-order valence-electron chi connectivity index (χ4n) is 1.43. The van der Waals surface area contributed by atoms with Crippen molar-refractivity contribution in [2.75, 3.05) is 6.54 Å². The van der Waals surface area contributed by atoms with Crippen molar-refractivity contribution in [3.05, 3.63) is 35.4 Å². The van der Waals surface area contributed by atoms with Crippen LogP contribution in [0, 0.1) is 11.3 Å². The van der Waals surface area contributed by atoms with E-state index in [0.29, 0.717) is 24.4 Å². The van der Waals surface area contributed by atoms with Crippen molar-refractivity contribution in [3.63, 3.8) is 0 Å². The number of carbonyl (C=O) groups excluding carboxylic acids is 1. The zero-order valence-electron chi connectivity index (χ0n) is 9.58. The highest BCUT2D eigenvalue weighted by molar-refractivity contribution is 6.17. The number of unbranched alkanes of at least 4 members (excludes halogenated alkanes) is 2. The van der Waals surface area contributed by atoms with Crippen LogP contribution in [0.5, 0.6) is 0 Å². The van der Waals surface area contributed by atoms with Gasteiger partial charge in [-0.2, -0.15) is 5.26 Å². The summed E-state index contributed by atoms with van der Waals surface area (Å²) in [6, 6.07) is 9.34. The average Bonchev–Trinajstić information content (AvgIpc) is 2.38. The molecule has 0 aliphatic rings. The number of amides is 1. The van der Waals surface area contributed by atoms with Gasteiger partial charge in [0.2, 0.25) is 0 Å². The molecule has 3 nitrogen and oxygen atoms in total. The number of rotatable bonds is 6. The zero-order chi connectivity index (χ0) is 12.5. The van der Waals surface area contributed by atoms with Crippen LogP contribution in [0.25, 0.3) is 0 Å². The molecule has 1 amide bonds. The highest BCUT2D eigenvalue weighted by Crippen LogP contribution is 2.07. The van der Waals surface area contributed by atoms with E-state index < -0.39 is 0 Å². The molecule has 0 aromatic heterocycles. The van der Waals surface area contributed by atoms with E-state index in [1.807, 2.05) is 12.1 Å². The second-order valence-corrected chi connectivity index (χ2v) is 3.97. The normalized spacial score (nSPS) is 9.65. The minimum atomic E-state index is -0.0890. The maximum absolute atomic E-state index is 11.7. The summed E-state index contributed by atoms with van der Waals surface area (Å²) in [5.74, 6) is 0.317. The van der Waals surface area contributed by atoms with Gasteiger partial charge in [0, 0.05) is 24.4 Å². The van der Waals surface area contributed by atoms with Crippen molar-refractivity contribution < 1.29 is 4.79 Å². The van der Waals surface area contributed by atoms with E-state index in [9.17, 15) is 4.79 Å². The summed E-state index contributed by atoms with van der Waals surface area (Å²) in [6.45, 7) is 0.603. The van der Waals surface area contributed by atoms with Gasteiger partial charge in [0.25, 0.3) is 5.91 Å². The van der Waals surface area contributed by atoms with Crippen LogP contribution in [0.1, 0.15) is 35.2 Å². The fraction of sp³-hybridized carbons (Fsp3) is 0.385. The highest BCUT2D eigenvalue weighted by Gasteiger charge is 2.04. The van der Waals surface area contributed by atoms with Crippen LogP contribution >= 0.6 is 11.6 Å². The molecule has 0 saturated heterocycles. The van der Waals surface area contributed by atoms with Gasteiger partial charge in [-0.25, -0.2) is 0 Å². The first-order valence-electron chi connectivity index (χ1n) is 5.58. The molecule has 0 radical (unpaired) electrons. The summed E-state index contributed by atoms with van der Waals surface area (Å²) >= 11 is 5.70. The fourth-order valence-corrected chi connectivity index (χ4v) is 1.59. The molecule has 1 aromatic carbocycles. The van der Waals surface area contributed by atoms with E-state index >= 15 is 0 Å². The number of alkyl halides is 1. The largest absolute Gasteiger partial charge is 0.352 e. The van der Waals surface area contributed by atoms with Gasteiger partial charge in [0.05, 0.1) is 6.07 Å². The second kappa shape index (κ2) is 7.70. The molecule has 1 aromatic rings. The summed E-state index contributed by atoms with van der Waals surface area (Å²) in [5, 5.41) is 11.2. The summed E-state index contributed by atoms with van der Waals surface area (Å²) in [7, 11) is 0. The Labute approximate surface area is 106 Å². The molecular weight excluding hydrogens is 236 g/mol. The van der Waals surface area contributed by atoms with Crippen LogP contribution in [-0.4, -0.2) is 12.5 Å². The summed E-state index contributed by atoms with van der Waals surface area (Å²) in [4.78, 5) is 11.7. The van der Waals surface area contributed by atoms with E-state index in [0.717, 1.165) is 18.4 Å². The van der Waals surface area contributed by atoms with Gasteiger partial charge in [-0.15, -0.1) is 11.6 Å². The molecule has 0 saturated carbocycles. The van der Waals surface area contributed by atoms with Crippen molar-refractivity contribution in [2.45, 2.75) is 25.1 Å². The molecule has 0 aliphatic carbocycles. The number of halogens is 1. The van der Waals surface area contributed by atoms with Crippen LogP contribution < -0.4 is 5.32 Å². The molecule has 17 heavy (non-hydrogen) atoms. The van der Waals surface area contributed by atoms with Crippen molar-refractivity contribution in [1.29, 1.82) is 5.26 Å². The smallest absolute Gasteiger partial charge is 0.251 e. The van der Waals surface area contributed by atoms with Crippen LogP contribution in [0.3, 0.4) is 0 Å². The number of benzene rings is 1. The molecule has 0 atom stereocenters. The number of carbonyl (C=O) groups is 1. The molecular formula is C13H15ClN2O. The van der Waals surface area contributed by atoms with Crippen molar-refractivity contribution in [3.8, 4) is 6.07 Å². The molecule has 0 unspecified atom stereocenters. The third kappa shape index (κ3) is 4.88. The van der Waals surface area contributed by atoms with Crippen LogP contribution in [0.15, 0.2) is 24.3 Å². The Balaban J connectivity index is 2.39. The molecule has 1 rings (SSSR count). The van der Waals surface area contributed by atoms with E-state index in [2.05, 4.69) is 11.4 Å². The molecule has 4 heteroatoms. The lowest BCUT2D eigenvalue weighted by atomic mass is 10.1. The Hall–Kier alpha value is -1.53. The van der Waals surface area contributed by atoms with Gasteiger partial charge in [-0.05, 0) is 30.5 Å². The maximum atomic E-state index is 11.7. The first-order chi connectivity index (χ1) is 8.27. The Bertz CT molecular complexity index is 412. The van der Waals surface area contributed by atoms with Crippen molar-refractivity contribution >= 4 is 17.5 Å². The zero-order valence-corrected chi connectivity index (χ0v) is 10.3. The van der Waals surface area contributed by atoms with Crippen LogP contribution in [0.2, 0.25) is 0 Å². The molecule has 0 aliphatic heterocycles. The maximum Gasteiger partial charge on any atom is 0.251 e. The lowest BCUT2D eigenvalue weighted by Gasteiger charge is -2.05. The average molecular weight is 251 g/mol. The lowest BCUT2D eigenvalue weighted by Crippen LogP contribution is -2.24. The van der Waals surface area contributed by atoms with E-state index in [4.69, 9.17) is 16.9 Å². The topological polar surface area (TPSA) is 52.9 Å². The monoisotopic (exact) mass is 250 g/mol. The Morgan fingerprint density at radius 3 is 2.94 bits per heavy atom. The van der Waals surface area contributed by atoms with Gasteiger partial charge >= 0.3 is 0 Å². The lowest BCUT2D eigenvalue weighted by molar-refractivity contribution is 0.0953. The minimum Gasteiger partial charge on any atom is -0.352 e. The van der Waals surface area contributed by atoms with E-state index in [-0.39, 0.29) is 5.91 Å². The number of nitrogens with one attached hydrogen (secondary N) is 1. The molecule has 1 N–H and O–H groups in total. The molecule has 0 heterocycles. The van der Waals surface area contributed by atoms with Gasteiger partial charge in [-0.1, -0.05) is 12.1 Å². The molecule has 90 valence electrons. The predicted octanol–water partition coefficient (Wildman–Crippen LogP) is 2.85. The second-order valence-electron chi connectivity index (χ2n) is 3.71. The molecule has 0 bridgehead atoms. The number of nitrogens with zero attached hydrogens (tertiary/aromatic N) is 1. The van der Waals surface area contributed by atoms with Gasteiger partial charge < -0.3 is 5.32 Å². The van der Waals surface area contributed by atoms with Crippen LogP contribution in [0.4, 0.5) is 0 Å².